The lowest BCUT2D eigenvalue weighted by atomic mass is 9.65. The van der Waals surface area contributed by atoms with Crippen LogP contribution in [0.1, 0.15) is 46.0 Å². The summed E-state index contributed by atoms with van der Waals surface area (Å²) in [5, 5.41) is 10.9. The molecule has 2 aliphatic rings. The van der Waals surface area contributed by atoms with Crippen LogP contribution in [0.2, 0.25) is 0 Å². The fraction of sp³-hybridized carbons (Fsp3) is 1.00. The topological polar surface area (TPSA) is 49.5 Å². The predicted octanol–water partition coefficient (Wildman–Crippen LogP) is 1.35. The molecule has 3 heteroatoms. The minimum atomic E-state index is -0.540. The van der Waals surface area contributed by atoms with Gasteiger partial charge in [0.05, 0.1) is 5.60 Å². The van der Waals surface area contributed by atoms with Gasteiger partial charge in [0.25, 0.3) is 0 Å². The highest BCUT2D eigenvalue weighted by Gasteiger charge is 2.49. The molecular formula is C13H26N2O. The molecule has 0 aromatic heterocycles. The molecule has 0 amide bonds. The van der Waals surface area contributed by atoms with E-state index in [1.165, 1.54) is 19.4 Å². The van der Waals surface area contributed by atoms with E-state index in [-0.39, 0.29) is 5.41 Å². The maximum absolute atomic E-state index is 10.9. The van der Waals surface area contributed by atoms with Gasteiger partial charge in [-0.1, -0.05) is 13.8 Å². The lowest BCUT2D eigenvalue weighted by Gasteiger charge is -2.50. The van der Waals surface area contributed by atoms with Gasteiger partial charge in [0.2, 0.25) is 0 Å². The third-order valence-electron chi connectivity index (χ3n) is 5.24. The van der Waals surface area contributed by atoms with Crippen molar-refractivity contribution in [1.82, 2.24) is 4.90 Å². The average Bonchev–Trinajstić information content (AvgIpc) is 2.74. The van der Waals surface area contributed by atoms with Crippen LogP contribution in [-0.2, 0) is 0 Å². The van der Waals surface area contributed by atoms with E-state index in [9.17, 15) is 5.11 Å². The summed E-state index contributed by atoms with van der Waals surface area (Å²) < 4.78 is 0. The summed E-state index contributed by atoms with van der Waals surface area (Å²) >= 11 is 0. The number of hydrogen-bond donors (Lipinski definition) is 2. The minimum Gasteiger partial charge on any atom is -0.389 e. The SMILES string of the molecule is CCC(C)(CN)C1(O)CCN2CCCC2C1. The van der Waals surface area contributed by atoms with E-state index in [0.717, 1.165) is 25.8 Å². The zero-order valence-electron chi connectivity index (χ0n) is 10.7. The number of aliphatic hydroxyl groups is 1. The smallest absolute Gasteiger partial charge is 0.0740 e. The highest BCUT2D eigenvalue weighted by molar-refractivity contribution is 5.03. The van der Waals surface area contributed by atoms with Gasteiger partial charge >= 0.3 is 0 Å². The molecule has 0 aromatic rings. The summed E-state index contributed by atoms with van der Waals surface area (Å²) in [5.74, 6) is 0. The zero-order chi connectivity index (χ0) is 11.8. The second-order valence-electron chi connectivity index (χ2n) is 5.94. The van der Waals surface area contributed by atoms with Crippen molar-refractivity contribution in [2.45, 2.75) is 57.6 Å². The van der Waals surface area contributed by atoms with Crippen LogP contribution in [0.25, 0.3) is 0 Å². The van der Waals surface area contributed by atoms with Crippen molar-refractivity contribution < 1.29 is 5.11 Å². The highest BCUT2D eigenvalue weighted by Crippen LogP contribution is 2.44. The van der Waals surface area contributed by atoms with Crippen LogP contribution in [0.5, 0.6) is 0 Å². The van der Waals surface area contributed by atoms with Gasteiger partial charge in [0, 0.05) is 24.5 Å². The van der Waals surface area contributed by atoms with Crippen molar-refractivity contribution in [2.75, 3.05) is 19.6 Å². The summed E-state index contributed by atoms with van der Waals surface area (Å²) in [6.45, 7) is 7.17. The molecule has 0 spiro atoms. The van der Waals surface area contributed by atoms with Crippen LogP contribution >= 0.6 is 0 Å². The van der Waals surface area contributed by atoms with E-state index in [0.29, 0.717) is 12.6 Å². The van der Waals surface area contributed by atoms with Crippen molar-refractivity contribution in [1.29, 1.82) is 0 Å². The first kappa shape index (κ1) is 12.3. The lowest BCUT2D eigenvalue weighted by Crippen LogP contribution is -2.58. The maximum Gasteiger partial charge on any atom is 0.0740 e. The quantitative estimate of drug-likeness (QED) is 0.764. The van der Waals surface area contributed by atoms with E-state index < -0.39 is 5.60 Å². The lowest BCUT2D eigenvalue weighted by molar-refractivity contribution is -0.121. The third kappa shape index (κ3) is 1.79. The Morgan fingerprint density at radius 3 is 2.88 bits per heavy atom. The number of piperidine rings is 1. The molecule has 16 heavy (non-hydrogen) atoms. The maximum atomic E-state index is 10.9. The van der Waals surface area contributed by atoms with E-state index >= 15 is 0 Å². The molecule has 2 aliphatic heterocycles. The summed E-state index contributed by atoms with van der Waals surface area (Å²) in [6, 6.07) is 0.608. The Balaban J connectivity index is 2.13. The van der Waals surface area contributed by atoms with Crippen LogP contribution in [0.15, 0.2) is 0 Å². The summed E-state index contributed by atoms with van der Waals surface area (Å²) in [5.41, 5.74) is 5.25. The van der Waals surface area contributed by atoms with Crippen LogP contribution in [-0.4, -0.2) is 41.3 Å². The molecule has 0 bridgehead atoms. The average molecular weight is 226 g/mol. The molecular weight excluding hydrogens is 200 g/mol. The van der Waals surface area contributed by atoms with Crippen LogP contribution in [0.4, 0.5) is 0 Å². The fourth-order valence-corrected chi connectivity index (χ4v) is 3.45. The standard InChI is InChI=1S/C13H26N2O/c1-3-12(2,10-14)13(16)6-8-15-7-4-5-11(15)9-13/h11,16H,3-10,14H2,1-2H3. The number of nitrogens with two attached hydrogens (primary N) is 1. The van der Waals surface area contributed by atoms with Gasteiger partial charge < -0.3 is 15.7 Å². The second-order valence-corrected chi connectivity index (χ2v) is 5.94. The van der Waals surface area contributed by atoms with Crippen molar-refractivity contribution >= 4 is 0 Å². The largest absolute Gasteiger partial charge is 0.389 e. The number of fused-ring (bicyclic) bond motifs is 1. The van der Waals surface area contributed by atoms with E-state index in [1.807, 2.05) is 0 Å². The first-order valence-corrected chi connectivity index (χ1v) is 6.71. The van der Waals surface area contributed by atoms with E-state index in [2.05, 4.69) is 18.7 Å². The Bertz CT molecular complexity index is 252. The molecule has 3 unspecified atom stereocenters. The Labute approximate surface area is 99.0 Å². The van der Waals surface area contributed by atoms with Gasteiger partial charge in [-0.3, -0.25) is 0 Å². The van der Waals surface area contributed by atoms with Crippen LogP contribution in [0.3, 0.4) is 0 Å². The van der Waals surface area contributed by atoms with Gasteiger partial charge in [-0.05, 0) is 38.6 Å². The molecule has 2 rings (SSSR count). The molecule has 0 aromatic carbocycles. The normalized spacial score (nSPS) is 39.4. The van der Waals surface area contributed by atoms with Crippen molar-refractivity contribution in [2.24, 2.45) is 11.1 Å². The van der Waals surface area contributed by atoms with Gasteiger partial charge in [0.15, 0.2) is 0 Å². The van der Waals surface area contributed by atoms with Crippen LogP contribution < -0.4 is 5.73 Å². The monoisotopic (exact) mass is 226 g/mol. The van der Waals surface area contributed by atoms with Crippen molar-refractivity contribution in [3.63, 3.8) is 0 Å². The molecule has 0 radical (unpaired) electrons. The van der Waals surface area contributed by atoms with Gasteiger partial charge in [-0.25, -0.2) is 0 Å². The second kappa shape index (κ2) is 4.28. The molecule has 3 atom stereocenters. The van der Waals surface area contributed by atoms with Gasteiger partial charge in [-0.15, -0.1) is 0 Å². The van der Waals surface area contributed by atoms with Crippen molar-refractivity contribution in [3.05, 3.63) is 0 Å². The van der Waals surface area contributed by atoms with Crippen molar-refractivity contribution in [3.8, 4) is 0 Å². The Morgan fingerprint density at radius 1 is 1.50 bits per heavy atom. The first-order valence-electron chi connectivity index (χ1n) is 6.71. The molecule has 0 saturated carbocycles. The highest BCUT2D eigenvalue weighted by atomic mass is 16.3. The molecule has 2 fully saturated rings. The van der Waals surface area contributed by atoms with Crippen LogP contribution in [0, 0.1) is 5.41 Å². The molecule has 94 valence electrons. The van der Waals surface area contributed by atoms with E-state index in [4.69, 9.17) is 5.73 Å². The Morgan fingerprint density at radius 2 is 2.25 bits per heavy atom. The summed E-state index contributed by atoms with van der Waals surface area (Å²) in [7, 11) is 0. The Kier molecular flexibility index (Phi) is 3.30. The molecule has 3 N–H and O–H groups in total. The molecule has 3 nitrogen and oxygen atoms in total. The minimum absolute atomic E-state index is 0.109. The number of rotatable bonds is 3. The van der Waals surface area contributed by atoms with Gasteiger partial charge in [-0.2, -0.15) is 0 Å². The van der Waals surface area contributed by atoms with Gasteiger partial charge in [0.1, 0.15) is 0 Å². The first-order chi connectivity index (χ1) is 7.54. The zero-order valence-corrected chi connectivity index (χ0v) is 10.7. The number of hydrogen-bond acceptors (Lipinski definition) is 3. The molecule has 0 aliphatic carbocycles. The van der Waals surface area contributed by atoms with E-state index in [1.54, 1.807) is 0 Å². The predicted molar refractivity (Wildman–Crippen MR) is 66.2 cm³/mol. The Hall–Kier alpha value is -0.120. The summed E-state index contributed by atoms with van der Waals surface area (Å²) in [6.07, 6.45) is 5.34. The number of nitrogens with zero attached hydrogens (tertiary/aromatic N) is 1. The molecule has 2 saturated heterocycles. The summed E-state index contributed by atoms with van der Waals surface area (Å²) in [4.78, 5) is 2.54. The fourth-order valence-electron chi connectivity index (χ4n) is 3.45. The third-order valence-corrected chi connectivity index (χ3v) is 5.24. The molecule has 2 heterocycles.